The molecule has 0 aromatic carbocycles. The summed E-state index contributed by atoms with van der Waals surface area (Å²) in [5, 5.41) is 3.23. The minimum absolute atomic E-state index is 0.817. The van der Waals surface area contributed by atoms with Crippen molar-refractivity contribution in [3.8, 4) is 0 Å². The fourth-order valence-electron chi connectivity index (χ4n) is 1.81. The molecule has 1 fully saturated rings. The molecule has 0 aliphatic carbocycles. The van der Waals surface area contributed by atoms with Gasteiger partial charge in [0.1, 0.15) is 5.82 Å². The summed E-state index contributed by atoms with van der Waals surface area (Å²) in [6, 6.07) is 0. The Morgan fingerprint density at radius 3 is 2.71 bits per heavy atom. The third-order valence-corrected chi connectivity index (χ3v) is 3.44. The van der Waals surface area contributed by atoms with Crippen LogP contribution in [0.1, 0.15) is 6.92 Å². The van der Waals surface area contributed by atoms with Crippen molar-refractivity contribution in [2.75, 3.05) is 50.0 Å². The van der Waals surface area contributed by atoms with Crippen LogP contribution in [0, 0.1) is 0 Å². The molecule has 94 valence electrons. The molecule has 1 aromatic heterocycles. The Balaban J connectivity index is 2.12. The molecule has 0 radical (unpaired) electrons. The van der Waals surface area contributed by atoms with Crippen molar-refractivity contribution in [3.05, 3.63) is 10.7 Å². The predicted molar refractivity (Wildman–Crippen MR) is 73.6 cm³/mol. The van der Waals surface area contributed by atoms with Crippen LogP contribution in [0.25, 0.3) is 0 Å². The van der Waals surface area contributed by atoms with Gasteiger partial charge < -0.3 is 15.1 Å². The molecule has 1 N–H and O–H groups in total. The van der Waals surface area contributed by atoms with E-state index in [9.17, 15) is 0 Å². The number of hydrogen-bond acceptors (Lipinski definition) is 5. The van der Waals surface area contributed by atoms with Crippen molar-refractivity contribution in [2.24, 2.45) is 0 Å². The maximum atomic E-state index is 4.55. The van der Waals surface area contributed by atoms with Gasteiger partial charge in [-0.15, -0.1) is 0 Å². The van der Waals surface area contributed by atoms with E-state index in [-0.39, 0.29) is 0 Å². The quantitative estimate of drug-likeness (QED) is 0.915. The molecule has 0 atom stereocenters. The van der Waals surface area contributed by atoms with Crippen LogP contribution >= 0.6 is 15.9 Å². The molecule has 0 bridgehead atoms. The fourth-order valence-corrected chi connectivity index (χ4v) is 2.14. The summed E-state index contributed by atoms with van der Waals surface area (Å²) in [6.07, 6.45) is 1.82. The zero-order valence-electron chi connectivity index (χ0n) is 10.3. The molecule has 0 amide bonds. The summed E-state index contributed by atoms with van der Waals surface area (Å²) in [5.41, 5.74) is 0. The molecule has 0 saturated carbocycles. The molecule has 1 aliphatic heterocycles. The highest BCUT2D eigenvalue weighted by atomic mass is 79.9. The predicted octanol–water partition coefficient (Wildman–Crippen LogP) is 1.42. The first-order chi connectivity index (χ1) is 8.20. The SMILES string of the molecule is CCNc1nc(N2CCN(C)CC2)ncc1Br. The van der Waals surface area contributed by atoms with Crippen LogP contribution in [0.4, 0.5) is 11.8 Å². The molecule has 1 aromatic rings. The molecule has 0 unspecified atom stereocenters. The van der Waals surface area contributed by atoms with Crippen molar-refractivity contribution >= 4 is 27.7 Å². The second-order valence-electron chi connectivity index (χ2n) is 4.19. The molecule has 6 heteroatoms. The largest absolute Gasteiger partial charge is 0.369 e. The van der Waals surface area contributed by atoms with E-state index in [1.165, 1.54) is 0 Å². The number of nitrogens with one attached hydrogen (secondary N) is 1. The van der Waals surface area contributed by atoms with E-state index in [2.05, 4.69) is 55.0 Å². The van der Waals surface area contributed by atoms with Gasteiger partial charge in [0, 0.05) is 38.9 Å². The second-order valence-corrected chi connectivity index (χ2v) is 5.04. The number of rotatable bonds is 3. The Hall–Kier alpha value is -0.880. The van der Waals surface area contributed by atoms with Crippen LogP contribution in [0.2, 0.25) is 0 Å². The van der Waals surface area contributed by atoms with Gasteiger partial charge in [-0.1, -0.05) is 0 Å². The number of piperazine rings is 1. The first kappa shape index (κ1) is 12.6. The van der Waals surface area contributed by atoms with E-state index in [1.807, 2.05) is 6.20 Å². The molecule has 2 heterocycles. The third kappa shape index (κ3) is 3.07. The average Bonchev–Trinajstić information content (AvgIpc) is 2.33. The number of nitrogens with zero attached hydrogens (tertiary/aromatic N) is 4. The fraction of sp³-hybridized carbons (Fsp3) is 0.636. The van der Waals surface area contributed by atoms with Crippen molar-refractivity contribution in [1.82, 2.24) is 14.9 Å². The Morgan fingerprint density at radius 2 is 2.06 bits per heavy atom. The maximum Gasteiger partial charge on any atom is 0.227 e. The molecule has 5 nitrogen and oxygen atoms in total. The van der Waals surface area contributed by atoms with Gasteiger partial charge >= 0.3 is 0 Å². The highest BCUT2D eigenvalue weighted by Gasteiger charge is 2.17. The number of anilines is 2. The molecule has 0 spiro atoms. The Bertz CT molecular complexity index is 376. The van der Waals surface area contributed by atoms with Crippen LogP contribution in [0.3, 0.4) is 0 Å². The van der Waals surface area contributed by atoms with E-state index in [0.29, 0.717) is 0 Å². The Labute approximate surface area is 110 Å². The van der Waals surface area contributed by atoms with Gasteiger partial charge in [-0.2, -0.15) is 4.98 Å². The lowest BCUT2D eigenvalue weighted by molar-refractivity contribution is 0.311. The van der Waals surface area contributed by atoms with E-state index in [4.69, 9.17) is 0 Å². The summed E-state index contributed by atoms with van der Waals surface area (Å²) < 4.78 is 0.914. The Kier molecular flexibility index (Phi) is 4.17. The molecular formula is C11H18BrN5. The number of likely N-dealkylation sites (N-methyl/N-ethyl adjacent to an activating group) is 1. The summed E-state index contributed by atoms with van der Waals surface area (Å²) in [5.74, 6) is 1.69. The zero-order valence-corrected chi connectivity index (χ0v) is 11.9. The van der Waals surface area contributed by atoms with Crippen LogP contribution in [0.15, 0.2) is 10.7 Å². The normalized spacial score (nSPS) is 17.2. The highest BCUT2D eigenvalue weighted by Crippen LogP contribution is 2.21. The molecule has 17 heavy (non-hydrogen) atoms. The molecular weight excluding hydrogens is 282 g/mol. The topological polar surface area (TPSA) is 44.3 Å². The summed E-state index contributed by atoms with van der Waals surface area (Å²) in [6.45, 7) is 7.03. The highest BCUT2D eigenvalue weighted by molar-refractivity contribution is 9.10. The van der Waals surface area contributed by atoms with Gasteiger partial charge in [-0.25, -0.2) is 4.98 Å². The first-order valence-electron chi connectivity index (χ1n) is 5.90. The lowest BCUT2D eigenvalue weighted by Gasteiger charge is -2.32. The van der Waals surface area contributed by atoms with Gasteiger partial charge in [-0.3, -0.25) is 0 Å². The minimum Gasteiger partial charge on any atom is -0.369 e. The first-order valence-corrected chi connectivity index (χ1v) is 6.70. The lowest BCUT2D eigenvalue weighted by Crippen LogP contribution is -2.45. The van der Waals surface area contributed by atoms with Crippen molar-refractivity contribution in [3.63, 3.8) is 0 Å². The molecule has 2 rings (SSSR count). The number of aromatic nitrogens is 2. The van der Waals surface area contributed by atoms with E-state index < -0.39 is 0 Å². The van der Waals surface area contributed by atoms with Crippen LogP contribution < -0.4 is 10.2 Å². The standard InChI is InChI=1S/C11H18BrN5/c1-3-13-10-9(12)8-14-11(15-10)17-6-4-16(2)5-7-17/h8H,3-7H2,1-2H3,(H,13,14,15). The van der Waals surface area contributed by atoms with Gasteiger partial charge in [-0.05, 0) is 29.9 Å². The smallest absolute Gasteiger partial charge is 0.227 e. The Morgan fingerprint density at radius 1 is 1.35 bits per heavy atom. The van der Waals surface area contributed by atoms with Crippen molar-refractivity contribution in [2.45, 2.75) is 6.92 Å². The lowest BCUT2D eigenvalue weighted by atomic mass is 10.3. The third-order valence-electron chi connectivity index (χ3n) is 2.86. The van der Waals surface area contributed by atoms with Crippen LogP contribution in [-0.2, 0) is 0 Å². The van der Waals surface area contributed by atoms with Gasteiger partial charge in [0.15, 0.2) is 0 Å². The van der Waals surface area contributed by atoms with Crippen molar-refractivity contribution < 1.29 is 0 Å². The van der Waals surface area contributed by atoms with Gasteiger partial charge in [0.2, 0.25) is 5.95 Å². The van der Waals surface area contributed by atoms with Crippen LogP contribution in [0.5, 0.6) is 0 Å². The van der Waals surface area contributed by atoms with E-state index in [1.54, 1.807) is 0 Å². The van der Waals surface area contributed by atoms with Gasteiger partial charge in [0.05, 0.1) is 4.47 Å². The molecule has 1 saturated heterocycles. The van der Waals surface area contributed by atoms with E-state index in [0.717, 1.165) is 49.0 Å². The summed E-state index contributed by atoms with van der Waals surface area (Å²) in [7, 11) is 2.14. The number of halogens is 1. The van der Waals surface area contributed by atoms with Crippen molar-refractivity contribution in [1.29, 1.82) is 0 Å². The number of hydrogen-bond donors (Lipinski definition) is 1. The summed E-state index contributed by atoms with van der Waals surface area (Å²) >= 11 is 3.45. The second kappa shape index (κ2) is 5.64. The monoisotopic (exact) mass is 299 g/mol. The van der Waals surface area contributed by atoms with Gasteiger partial charge in [0.25, 0.3) is 0 Å². The zero-order chi connectivity index (χ0) is 12.3. The van der Waals surface area contributed by atoms with E-state index >= 15 is 0 Å². The minimum atomic E-state index is 0.817. The maximum absolute atomic E-state index is 4.55. The summed E-state index contributed by atoms with van der Waals surface area (Å²) in [4.78, 5) is 13.5. The average molecular weight is 300 g/mol. The van der Waals surface area contributed by atoms with Crippen LogP contribution in [-0.4, -0.2) is 54.6 Å². The molecule has 1 aliphatic rings.